The van der Waals surface area contributed by atoms with E-state index in [0.717, 1.165) is 17.5 Å². The Morgan fingerprint density at radius 3 is 2.28 bits per heavy atom. The van der Waals surface area contributed by atoms with Gasteiger partial charge < -0.3 is 20.5 Å². The van der Waals surface area contributed by atoms with Crippen molar-refractivity contribution < 1.29 is 19.5 Å². The van der Waals surface area contributed by atoms with Gasteiger partial charge >= 0.3 is 0 Å². The molecule has 2 aromatic carbocycles. The van der Waals surface area contributed by atoms with Gasteiger partial charge in [0.05, 0.1) is 12.6 Å². The smallest absolute Gasteiger partial charge is 0.252 e. The quantitative estimate of drug-likeness (QED) is 0.535. The lowest BCUT2D eigenvalue weighted by Gasteiger charge is -2.19. The zero-order valence-electron chi connectivity index (χ0n) is 16.8. The highest BCUT2D eigenvalue weighted by Crippen LogP contribution is 2.11. The minimum Gasteiger partial charge on any atom is -0.394 e. The second-order valence-corrected chi connectivity index (χ2v) is 7.45. The number of aliphatic hydroxyl groups excluding tert-OH is 1. The zero-order valence-corrected chi connectivity index (χ0v) is 16.8. The van der Waals surface area contributed by atoms with Crippen LogP contribution in [0.15, 0.2) is 54.6 Å². The summed E-state index contributed by atoms with van der Waals surface area (Å²) < 4.78 is 0. The molecule has 6 heteroatoms. The molecule has 29 heavy (non-hydrogen) atoms. The number of carbonyl (C=O) groups excluding carboxylic acids is 3. The van der Waals surface area contributed by atoms with E-state index in [4.69, 9.17) is 0 Å². The van der Waals surface area contributed by atoms with Crippen molar-refractivity contribution in [1.29, 1.82) is 0 Å². The molecule has 0 saturated carbocycles. The fourth-order valence-corrected chi connectivity index (χ4v) is 3.03. The summed E-state index contributed by atoms with van der Waals surface area (Å²) in [5.41, 5.74) is 2.35. The molecule has 3 N–H and O–H groups in total. The molecule has 154 valence electrons. The predicted molar refractivity (Wildman–Crippen MR) is 111 cm³/mol. The van der Waals surface area contributed by atoms with E-state index in [1.54, 1.807) is 18.2 Å². The fourth-order valence-electron chi connectivity index (χ4n) is 3.03. The van der Waals surface area contributed by atoms with E-state index in [2.05, 4.69) is 24.5 Å². The molecular weight excluding hydrogens is 368 g/mol. The molecule has 0 saturated heterocycles. The average Bonchev–Trinajstić information content (AvgIpc) is 2.71. The number of aldehydes is 1. The van der Waals surface area contributed by atoms with Crippen molar-refractivity contribution in [1.82, 2.24) is 10.6 Å². The first kappa shape index (κ1) is 22.3. The van der Waals surface area contributed by atoms with E-state index in [1.807, 2.05) is 36.4 Å². The highest BCUT2D eigenvalue weighted by Gasteiger charge is 2.23. The maximum atomic E-state index is 12.5. The third-order valence-corrected chi connectivity index (χ3v) is 4.43. The van der Waals surface area contributed by atoms with Gasteiger partial charge in [0.2, 0.25) is 5.91 Å². The van der Waals surface area contributed by atoms with Gasteiger partial charge in [0.25, 0.3) is 5.91 Å². The molecule has 0 fully saturated rings. The molecule has 2 rings (SSSR count). The molecule has 0 unspecified atom stereocenters. The Morgan fingerprint density at radius 1 is 0.966 bits per heavy atom. The van der Waals surface area contributed by atoms with Crippen LogP contribution in [0.1, 0.15) is 35.3 Å². The Labute approximate surface area is 171 Å². The Balaban J connectivity index is 1.99. The van der Waals surface area contributed by atoms with Crippen molar-refractivity contribution in [2.45, 2.75) is 38.8 Å². The molecule has 2 amide bonds. The molecular formula is C23H28N2O4. The third-order valence-electron chi connectivity index (χ3n) is 4.43. The molecule has 0 aliphatic heterocycles. The first-order valence-corrected chi connectivity index (χ1v) is 9.73. The highest BCUT2D eigenvalue weighted by atomic mass is 16.3. The third kappa shape index (κ3) is 7.16. The van der Waals surface area contributed by atoms with Crippen LogP contribution in [0.2, 0.25) is 0 Å². The number of hydrogen-bond donors (Lipinski definition) is 3. The van der Waals surface area contributed by atoms with E-state index >= 15 is 0 Å². The van der Waals surface area contributed by atoms with Crippen molar-refractivity contribution >= 4 is 18.1 Å². The van der Waals surface area contributed by atoms with Crippen molar-refractivity contribution in [2.24, 2.45) is 5.92 Å². The Hall–Kier alpha value is -2.99. The van der Waals surface area contributed by atoms with E-state index in [-0.39, 0.29) is 0 Å². The summed E-state index contributed by atoms with van der Waals surface area (Å²) in [7, 11) is 0. The maximum Gasteiger partial charge on any atom is 0.252 e. The van der Waals surface area contributed by atoms with Gasteiger partial charge in [-0.2, -0.15) is 0 Å². The standard InChI is InChI=1S/C23H28N2O4/c1-16(2)11-18-9-6-10-19(12-18)22(28)25-21(15-27)23(29)24-20(14-26)13-17-7-4-3-5-8-17/h3-10,12,14,16,20-21,27H,11,13,15H2,1-2H3,(H,24,29)(H,25,28)/t20-,21-/m0/s1. The number of hydrogen-bond acceptors (Lipinski definition) is 4. The second kappa shape index (κ2) is 11.1. The molecule has 0 spiro atoms. The number of nitrogens with one attached hydrogen (secondary N) is 2. The Bertz CT molecular complexity index is 821. The minimum atomic E-state index is -1.14. The van der Waals surface area contributed by atoms with Gasteiger partial charge in [0.15, 0.2) is 0 Å². The fraction of sp³-hybridized carbons (Fsp3) is 0.348. The summed E-state index contributed by atoms with van der Waals surface area (Å²) >= 11 is 0. The van der Waals surface area contributed by atoms with Gasteiger partial charge in [-0.3, -0.25) is 9.59 Å². The van der Waals surface area contributed by atoms with E-state index in [0.29, 0.717) is 24.2 Å². The van der Waals surface area contributed by atoms with Gasteiger partial charge in [-0.05, 0) is 42.0 Å². The van der Waals surface area contributed by atoms with Gasteiger partial charge in [0.1, 0.15) is 12.3 Å². The Morgan fingerprint density at radius 2 is 1.66 bits per heavy atom. The average molecular weight is 396 g/mol. The van der Waals surface area contributed by atoms with Crippen LogP contribution in [0.25, 0.3) is 0 Å². The number of aliphatic hydroxyl groups is 1. The SMILES string of the molecule is CC(C)Cc1cccc(C(=O)N[C@@H](CO)C(=O)N[C@H](C=O)Cc2ccccc2)c1. The lowest BCUT2D eigenvalue weighted by atomic mass is 10.0. The van der Waals surface area contributed by atoms with Crippen LogP contribution in [0.5, 0.6) is 0 Å². The van der Waals surface area contributed by atoms with E-state index < -0.39 is 30.5 Å². The first-order valence-electron chi connectivity index (χ1n) is 9.73. The van der Waals surface area contributed by atoms with E-state index in [1.165, 1.54) is 0 Å². The zero-order chi connectivity index (χ0) is 21.2. The highest BCUT2D eigenvalue weighted by molar-refractivity contribution is 5.98. The molecule has 0 aliphatic carbocycles. The Kier molecular flexibility index (Phi) is 8.55. The summed E-state index contributed by atoms with van der Waals surface area (Å²) in [4.78, 5) is 36.4. The molecule has 2 aromatic rings. The number of carbonyl (C=O) groups is 3. The summed E-state index contributed by atoms with van der Waals surface area (Å²) in [6.45, 7) is 3.62. The molecule has 0 heterocycles. The summed E-state index contributed by atoms with van der Waals surface area (Å²) in [6, 6.07) is 14.6. The van der Waals surface area contributed by atoms with Crippen molar-refractivity contribution in [2.75, 3.05) is 6.61 Å². The number of amides is 2. The maximum absolute atomic E-state index is 12.5. The van der Waals surface area contributed by atoms with Gasteiger partial charge in [-0.25, -0.2) is 0 Å². The number of benzene rings is 2. The van der Waals surface area contributed by atoms with Crippen LogP contribution in [-0.4, -0.2) is 41.9 Å². The first-order chi connectivity index (χ1) is 13.9. The predicted octanol–water partition coefficient (Wildman–Crippen LogP) is 1.90. The second-order valence-electron chi connectivity index (χ2n) is 7.45. The van der Waals surface area contributed by atoms with Gasteiger partial charge in [-0.1, -0.05) is 56.3 Å². The minimum absolute atomic E-state index is 0.333. The van der Waals surface area contributed by atoms with Crippen molar-refractivity contribution in [3.8, 4) is 0 Å². The monoisotopic (exact) mass is 396 g/mol. The summed E-state index contributed by atoms with van der Waals surface area (Å²) in [5.74, 6) is -0.600. The van der Waals surface area contributed by atoms with Crippen molar-refractivity contribution in [3.05, 3.63) is 71.3 Å². The lowest BCUT2D eigenvalue weighted by molar-refractivity contribution is -0.126. The molecule has 2 atom stereocenters. The van der Waals surface area contributed by atoms with Crippen LogP contribution in [0, 0.1) is 5.92 Å². The molecule has 0 aliphatic rings. The van der Waals surface area contributed by atoms with Crippen LogP contribution in [0.3, 0.4) is 0 Å². The van der Waals surface area contributed by atoms with Gasteiger partial charge in [0, 0.05) is 5.56 Å². The summed E-state index contributed by atoms with van der Waals surface area (Å²) in [6.07, 6.45) is 1.82. The largest absolute Gasteiger partial charge is 0.394 e. The van der Waals surface area contributed by atoms with Crippen LogP contribution < -0.4 is 10.6 Å². The molecule has 0 radical (unpaired) electrons. The van der Waals surface area contributed by atoms with Crippen LogP contribution in [0.4, 0.5) is 0 Å². The molecule has 6 nitrogen and oxygen atoms in total. The molecule has 0 aromatic heterocycles. The van der Waals surface area contributed by atoms with Crippen LogP contribution in [-0.2, 0) is 22.4 Å². The molecule has 0 bridgehead atoms. The van der Waals surface area contributed by atoms with E-state index in [9.17, 15) is 19.5 Å². The van der Waals surface area contributed by atoms with Gasteiger partial charge in [-0.15, -0.1) is 0 Å². The lowest BCUT2D eigenvalue weighted by Crippen LogP contribution is -2.52. The number of rotatable bonds is 10. The van der Waals surface area contributed by atoms with Crippen molar-refractivity contribution in [3.63, 3.8) is 0 Å². The normalized spacial score (nSPS) is 12.8. The van der Waals surface area contributed by atoms with Crippen LogP contribution >= 0.6 is 0 Å². The topological polar surface area (TPSA) is 95.5 Å². The summed E-state index contributed by atoms with van der Waals surface area (Å²) in [5, 5.41) is 14.7.